The molecule has 0 bridgehead atoms. The van der Waals surface area contributed by atoms with E-state index in [0.29, 0.717) is 6.54 Å². The molecule has 1 N–H and O–H groups in total. The molecule has 128 valence electrons. The highest BCUT2D eigenvalue weighted by molar-refractivity contribution is 5.78. The summed E-state index contributed by atoms with van der Waals surface area (Å²) in [5, 5.41) is 3.03. The fourth-order valence-corrected chi connectivity index (χ4v) is 3.17. The van der Waals surface area contributed by atoms with E-state index in [-0.39, 0.29) is 11.9 Å². The van der Waals surface area contributed by atoms with E-state index in [4.69, 9.17) is 4.42 Å². The molecule has 1 atom stereocenters. The van der Waals surface area contributed by atoms with E-state index in [1.807, 2.05) is 25.1 Å². The summed E-state index contributed by atoms with van der Waals surface area (Å²) in [4.78, 5) is 14.7. The molecule has 4 heteroatoms. The Morgan fingerprint density at radius 2 is 2.04 bits per heavy atom. The van der Waals surface area contributed by atoms with Gasteiger partial charge >= 0.3 is 0 Å². The van der Waals surface area contributed by atoms with E-state index in [2.05, 4.69) is 34.5 Å². The van der Waals surface area contributed by atoms with Gasteiger partial charge in [0.15, 0.2) is 0 Å². The fourth-order valence-electron chi connectivity index (χ4n) is 3.17. The first-order chi connectivity index (χ1) is 11.7. The number of rotatable bonds is 8. The van der Waals surface area contributed by atoms with Crippen LogP contribution in [-0.4, -0.2) is 23.9 Å². The van der Waals surface area contributed by atoms with Crippen LogP contribution in [0, 0.1) is 5.92 Å². The van der Waals surface area contributed by atoms with Gasteiger partial charge in [-0.15, -0.1) is 0 Å². The van der Waals surface area contributed by atoms with Gasteiger partial charge in [0.2, 0.25) is 5.91 Å². The molecule has 1 heterocycles. The highest BCUT2D eigenvalue weighted by Gasteiger charge is 2.23. The van der Waals surface area contributed by atoms with Crippen molar-refractivity contribution in [1.29, 1.82) is 0 Å². The Morgan fingerprint density at radius 1 is 1.25 bits per heavy atom. The van der Waals surface area contributed by atoms with Crippen LogP contribution in [0.4, 0.5) is 0 Å². The average molecular weight is 326 g/mol. The number of hydrogen-bond donors (Lipinski definition) is 1. The highest BCUT2D eigenvalue weighted by atomic mass is 16.3. The maximum Gasteiger partial charge on any atom is 0.234 e. The van der Waals surface area contributed by atoms with Gasteiger partial charge in [-0.2, -0.15) is 0 Å². The van der Waals surface area contributed by atoms with Crippen molar-refractivity contribution in [2.24, 2.45) is 5.92 Å². The summed E-state index contributed by atoms with van der Waals surface area (Å²) in [6.45, 7) is 4.19. The molecular formula is C20H26N2O2. The summed E-state index contributed by atoms with van der Waals surface area (Å²) in [5.74, 6) is 1.58. The van der Waals surface area contributed by atoms with Crippen molar-refractivity contribution in [2.75, 3.05) is 13.1 Å². The van der Waals surface area contributed by atoms with Crippen molar-refractivity contribution in [1.82, 2.24) is 10.2 Å². The molecule has 2 aromatic rings. The smallest absolute Gasteiger partial charge is 0.234 e. The van der Waals surface area contributed by atoms with E-state index in [9.17, 15) is 4.79 Å². The predicted molar refractivity (Wildman–Crippen MR) is 94.3 cm³/mol. The zero-order chi connectivity index (χ0) is 16.8. The maximum atomic E-state index is 12.4. The fraction of sp³-hybridized carbons (Fsp3) is 0.450. The lowest BCUT2D eigenvalue weighted by Gasteiger charge is -2.32. The lowest BCUT2D eigenvalue weighted by Crippen LogP contribution is -2.41. The number of nitrogens with zero attached hydrogens (tertiary/aromatic N) is 1. The molecular weight excluding hydrogens is 300 g/mol. The molecule has 1 amide bonds. The third-order valence-electron chi connectivity index (χ3n) is 4.70. The zero-order valence-corrected chi connectivity index (χ0v) is 14.3. The number of carbonyl (C=O) groups excluding carboxylic acids is 1. The second-order valence-electron chi connectivity index (χ2n) is 6.76. The third-order valence-corrected chi connectivity index (χ3v) is 4.70. The van der Waals surface area contributed by atoms with Gasteiger partial charge in [0.25, 0.3) is 0 Å². The highest BCUT2D eigenvalue weighted by Crippen LogP contribution is 2.27. The Labute approximate surface area is 143 Å². The van der Waals surface area contributed by atoms with Gasteiger partial charge in [-0.3, -0.25) is 9.69 Å². The van der Waals surface area contributed by atoms with Crippen molar-refractivity contribution in [3.05, 3.63) is 60.1 Å². The number of furan rings is 1. The van der Waals surface area contributed by atoms with Gasteiger partial charge in [-0.05, 0) is 43.4 Å². The van der Waals surface area contributed by atoms with Crippen LogP contribution in [0.5, 0.6) is 0 Å². The molecule has 24 heavy (non-hydrogen) atoms. The Hall–Kier alpha value is -2.07. The third kappa shape index (κ3) is 4.71. The van der Waals surface area contributed by atoms with Crippen LogP contribution < -0.4 is 5.32 Å². The number of amides is 1. The normalized spacial score (nSPS) is 15.9. The summed E-state index contributed by atoms with van der Waals surface area (Å²) < 4.78 is 5.36. The summed E-state index contributed by atoms with van der Waals surface area (Å²) in [7, 11) is 0. The SMILES string of the molecule is CC(NC(=O)CN(Cc1ccccc1)CC1CCC1)c1ccco1. The van der Waals surface area contributed by atoms with Gasteiger partial charge in [0.1, 0.15) is 5.76 Å². The number of benzene rings is 1. The molecule has 0 aliphatic heterocycles. The Kier molecular flexibility index (Phi) is 5.70. The number of nitrogens with one attached hydrogen (secondary N) is 1. The Morgan fingerprint density at radius 3 is 2.67 bits per heavy atom. The van der Waals surface area contributed by atoms with Crippen molar-refractivity contribution in [2.45, 2.75) is 38.8 Å². The first-order valence-electron chi connectivity index (χ1n) is 8.80. The van der Waals surface area contributed by atoms with Crippen molar-refractivity contribution < 1.29 is 9.21 Å². The minimum Gasteiger partial charge on any atom is -0.467 e. The lowest BCUT2D eigenvalue weighted by atomic mass is 9.85. The first-order valence-corrected chi connectivity index (χ1v) is 8.80. The molecule has 1 saturated carbocycles. The molecule has 1 fully saturated rings. The van der Waals surface area contributed by atoms with E-state index < -0.39 is 0 Å². The standard InChI is InChI=1S/C20H26N2O2/c1-16(19-11-6-12-24-19)21-20(23)15-22(14-18-9-5-10-18)13-17-7-3-2-4-8-17/h2-4,6-8,11-12,16,18H,5,9-10,13-15H2,1H3,(H,21,23). The average Bonchev–Trinajstić information content (AvgIpc) is 3.06. The van der Waals surface area contributed by atoms with E-state index >= 15 is 0 Å². The van der Waals surface area contributed by atoms with Crippen LogP contribution in [0.3, 0.4) is 0 Å². The molecule has 1 aromatic carbocycles. The molecule has 1 aromatic heterocycles. The molecule has 1 aliphatic rings. The minimum absolute atomic E-state index is 0.0501. The van der Waals surface area contributed by atoms with Crippen LogP contribution in [0.15, 0.2) is 53.1 Å². The van der Waals surface area contributed by atoms with Gasteiger partial charge in [-0.25, -0.2) is 0 Å². The predicted octanol–water partition coefficient (Wildman–Crippen LogP) is 3.76. The first kappa shape index (κ1) is 16.8. The van der Waals surface area contributed by atoms with Crippen molar-refractivity contribution in [3.63, 3.8) is 0 Å². The van der Waals surface area contributed by atoms with Crippen LogP contribution >= 0.6 is 0 Å². The molecule has 0 radical (unpaired) electrons. The van der Waals surface area contributed by atoms with Crippen molar-refractivity contribution in [3.8, 4) is 0 Å². The summed E-state index contributed by atoms with van der Waals surface area (Å²) in [5.41, 5.74) is 1.25. The number of hydrogen-bond acceptors (Lipinski definition) is 3. The van der Waals surface area contributed by atoms with Crippen LogP contribution in [-0.2, 0) is 11.3 Å². The van der Waals surface area contributed by atoms with E-state index in [1.54, 1.807) is 6.26 Å². The largest absolute Gasteiger partial charge is 0.467 e. The lowest BCUT2D eigenvalue weighted by molar-refractivity contribution is -0.123. The van der Waals surface area contributed by atoms with E-state index in [0.717, 1.165) is 24.8 Å². The minimum atomic E-state index is -0.102. The van der Waals surface area contributed by atoms with Gasteiger partial charge < -0.3 is 9.73 Å². The Bertz CT molecular complexity index is 620. The van der Waals surface area contributed by atoms with Crippen molar-refractivity contribution >= 4 is 5.91 Å². The maximum absolute atomic E-state index is 12.4. The van der Waals surface area contributed by atoms with Crippen LogP contribution in [0.25, 0.3) is 0 Å². The molecule has 4 nitrogen and oxygen atoms in total. The summed E-state index contributed by atoms with van der Waals surface area (Å²) in [6, 6.07) is 14.0. The zero-order valence-electron chi connectivity index (χ0n) is 14.3. The summed E-state index contributed by atoms with van der Waals surface area (Å²) in [6.07, 6.45) is 5.53. The quantitative estimate of drug-likeness (QED) is 0.803. The summed E-state index contributed by atoms with van der Waals surface area (Å²) >= 11 is 0. The molecule has 0 spiro atoms. The topological polar surface area (TPSA) is 45.5 Å². The molecule has 1 unspecified atom stereocenters. The molecule has 0 saturated heterocycles. The van der Waals surface area contributed by atoms with Gasteiger partial charge in [-0.1, -0.05) is 36.8 Å². The van der Waals surface area contributed by atoms with Crippen LogP contribution in [0.1, 0.15) is 43.6 Å². The van der Waals surface area contributed by atoms with Gasteiger partial charge in [0.05, 0.1) is 18.8 Å². The number of carbonyl (C=O) groups is 1. The van der Waals surface area contributed by atoms with E-state index in [1.165, 1.54) is 24.8 Å². The molecule has 1 aliphatic carbocycles. The Balaban J connectivity index is 1.56. The van der Waals surface area contributed by atoms with Crippen LogP contribution in [0.2, 0.25) is 0 Å². The second kappa shape index (κ2) is 8.15. The molecule has 3 rings (SSSR count). The second-order valence-corrected chi connectivity index (χ2v) is 6.76. The van der Waals surface area contributed by atoms with Gasteiger partial charge in [0, 0.05) is 13.1 Å². The monoisotopic (exact) mass is 326 g/mol.